The number of hydrogen-bond donors (Lipinski definition) is 3. The van der Waals surface area contributed by atoms with Gasteiger partial charge >= 0.3 is 5.97 Å². The molecule has 4 saturated carbocycles. The summed E-state index contributed by atoms with van der Waals surface area (Å²) in [7, 11) is -4.87. The Labute approximate surface area is 191 Å². The second-order valence-electron chi connectivity index (χ2n) is 11.9. The van der Waals surface area contributed by atoms with Crippen LogP contribution in [-0.2, 0) is 13.9 Å². The topological polar surface area (TPSA) is 127 Å². The van der Waals surface area contributed by atoms with Gasteiger partial charge in [0.1, 0.15) is 0 Å². The predicted molar refractivity (Wildman–Crippen MR) is 117 cm³/mol. The molecule has 5 unspecified atom stereocenters. The van der Waals surface area contributed by atoms with E-state index in [1.807, 2.05) is 0 Å². The number of fused-ring (bicyclic) bond motifs is 5. The molecule has 32 heavy (non-hydrogen) atoms. The zero-order valence-electron chi connectivity index (χ0n) is 19.6. The van der Waals surface area contributed by atoms with E-state index in [1.165, 1.54) is 0 Å². The first-order chi connectivity index (χ1) is 14.8. The van der Waals surface area contributed by atoms with Gasteiger partial charge in [0.05, 0.1) is 12.2 Å². The third-order valence-electron chi connectivity index (χ3n) is 10.5. The van der Waals surface area contributed by atoms with Crippen LogP contribution in [0.1, 0.15) is 85.0 Å². The molecule has 184 valence electrons. The molecule has 0 amide bonds. The Kier molecular flexibility index (Phi) is 6.66. The van der Waals surface area contributed by atoms with Gasteiger partial charge in [-0.3, -0.25) is 9.36 Å². The number of carboxylic acids is 1. The Morgan fingerprint density at radius 2 is 1.78 bits per heavy atom. The number of phosphoric acid groups is 1. The van der Waals surface area contributed by atoms with Crippen LogP contribution in [0.3, 0.4) is 0 Å². The Hall–Kier alpha value is -0.460. The summed E-state index contributed by atoms with van der Waals surface area (Å²) in [5.74, 6) is 0.846. The number of rotatable bonds is 6. The van der Waals surface area contributed by atoms with Gasteiger partial charge in [0.15, 0.2) is 0 Å². The summed E-state index contributed by atoms with van der Waals surface area (Å²) in [4.78, 5) is 32.6. The molecule has 4 rings (SSSR count). The van der Waals surface area contributed by atoms with Gasteiger partial charge in [0.25, 0.3) is 7.82 Å². The maximum absolute atomic E-state index is 11.8. The Bertz CT molecular complexity index is 767. The molecule has 4 aliphatic rings. The molecule has 4 fully saturated rings. The lowest BCUT2D eigenvalue weighted by molar-refractivity contribution is -0.239. The number of phosphoric ester groups is 1. The van der Waals surface area contributed by atoms with E-state index < -0.39 is 19.9 Å². The van der Waals surface area contributed by atoms with Crippen molar-refractivity contribution in [3.8, 4) is 0 Å². The number of aliphatic carboxylic acids is 1. The monoisotopic (exact) mass is 471 g/mol. The molecule has 8 heteroatoms. The van der Waals surface area contributed by atoms with Crippen molar-refractivity contribution < 1.29 is 33.9 Å². The van der Waals surface area contributed by atoms with Crippen LogP contribution in [0, 0.1) is 46.3 Å². The van der Waals surface area contributed by atoms with Crippen LogP contribution in [-0.4, -0.2) is 33.3 Å². The second-order valence-corrected chi connectivity index (χ2v) is 13.1. The third kappa shape index (κ3) is 4.33. The zero-order valence-corrected chi connectivity index (χ0v) is 20.5. The molecule has 0 spiro atoms. The molecular formula is C24H40O7P-. The van der Waals surface area contributed by atoms with Gasteiger partial charge < -0.3 is 24.5 Å². The average Bonchev–Trinajstić information content (AvgIpc) is 3.03. The first-order valence-corrected chi connectivity index (χ1v) is 14.0. The van der Waals surface area contributed by atoms with Crippen LogP contribution in [0.4, 0.5) is 0 Å². The van der Waals surface area contributed by atoms with E-state index in [2.05, 4.69) is 20.8 Å². The highest BCUT2D eigenvalue weighted by Gasteiger charge is 2.63. The van der Waals surface area contributed by atoms with Crippen molar-refractivity contribution in [2.45, 2.75) is 97.2 Å². The minimum absolute atomic E-state index is 0.0282. The lowest BCUT2D eigenvalue weighted by Crippen LogP contribution is -2.59. The second kappa shape index (κ2) is 8.64. The summed E-state index contributed by atoms with van der Waals surface area (Å²) < 4.78 is 17.2. The molecule has 0 radical (unpaired) electrons. The van der Waals surface area contributed by atoms with Crippen LogP contribution in [0.5, 0.6) is 0 Å². The molecule has 0 aromatic rings. The molecule has 7 nitrogen and oxygen atoms in total. The normalized spacial score (nSPS) is 48.8. The fraction of sp³-hybridized carbons (Fsp3) is 0.958. The van der Waals surface area contributed by atoms with E-state index >= 15 is 0 Å². The van der Waals surface area contributed by atoms with Crippen LogP contribution in [0.2, 0.25) is 0 Å². The SMILES string of the molecule is C[C@H](CCC(=O)O)[C@H]1CC[C@H]2C3[C@H](OP(=O)([O-])O)CC4C[C@H](O)CCC4(C)[C@H]3CCC12C. The molecule has 4 aliphatic carbocycles. The molecule has 11 atom stereocenters. The number of carbonyl (C=O) groups is 1. The van der Waals surface area contributed by atoms with Gasteiger partial charge in [-0.25, -0.2) is 0 Å². The minimum atomic E-state index is -4.87. The highest BCUT2D eigenvalue weighted by molar-refractivity contribution is 7.44. The molecule has 0 aliphatic heterocycles. The maximum Gasteiger partial charge on any atom is 0.303 e. The smallest absolute Gasteiger partial charge is 0.303 e. The molecule has 0 aromatic heterocycles. The van der Waals surface area contributed by atoms with E-state index in [1.54, 1.807) is 0 Å². The number of hydrogen-bond acceptors (Lipinski definition) is 5. The predicted octanol–water partition coefficient (Wildman–Crippen LogP) is 3.96. The van der Waals surface area contributed by atoms with Gasteiger partial charge in [-0.2, -0.15) is 0 Å². The molecular weight excluding hydrogens is 431 g/mol. The maximum atomic E-state index is 11.8. The zero-order chi connectivity index (χ0) is 23.5. The van der Waals surface area contributed by atoms with E-state index in [0.29, 0.717) is 42.9 Å². The first kappa shape index (κ1) is 24.7. The van der Waals surface area contributed by atoms with Crippen molar-refractivity contribution in [2.24, 2.45) is 46.3 Å². The van der Waals surface area contributed by atoms with Crippen molar-refractivity contribution >= 4 is 13.8 Å². The standard InChI is InChI=1S/C24H41O7P/c1-14(4-7-21(26)27)17-5-6-18-22-19(9-11-24(17,18)3)23(2)10-8-16(25)12-15(23)13-20(22)31-32(28,29)30/h14-20,22,25H,4-13H2,1-3H3,(H,26,27)(H2,28,29,30)/p-1/t14-,15?,16-,17-,18+,19+,20-,22?,23?,24?/m1/s1. The molecule has 0 aromatic carbocycles. The average molecular weight is 472 g/mol. The van der Waals surface area contributed by atoms with Crippen LogP contribution >= 0.6 is 7.82 Å². The lowest BCUT2D eigenvalue weighted by atomic mass is 9.43. The Balaban J connectivity index is 1.64. The fourth-order valence-corrected chi connectivity index (χ4v) is 9.55. The molecule has 0 bridgehead atoms. The van der Waals surface area contributed by atoms with Gasteiger partial charge in [0.2, 0.25) is 0 Å². The van der Waals surface area contributed by atoms with Gasteiger partial charge in [-0.1, -0.05) is 20.8 Å². The van der Waals surface area contributed by atoms with Gasteiger partial charge in [-0.15, -0.1) is 0 Å². The van der Waals surface area contributed by atoms with Crippen molar-refractivity contribution in [2.75, 3.05) is 0 Å². The summed E-state index contributed by atoms with van der Waals surface area (Å²) in [5, 5.41) is 19.4. The van der Waals surface area contributed by atoms with E-state index in [-0.39, 0.29) is 35.2 Å². The van der Waals surface area contributed by atoms with Gasteiger partial charge in [0, 0.05) is 6.42 Å². The summed E-state index contributed by atoms with van der Waals surface area (Å²) in [6, 6.07) is 0. The summed E-state index contributed by atoms with van der Waals surface area (Å²) in [6.07, 6.45) is 7.02. The van der Waals surface area contributed by atoms with Crippen LogP contribution < -0.4 is 4.89 Å². The third-order valence-corrected chi connectivity index (χ3v) is 11.0. The number of aliphatic hydroxyl groups excluding tert-OH is 1. The van der Waals surface area contributed by atoms with Crippen molar-refractivity contribution in [1.29, 1.82) is 0 Å². The van der Waals surface area contributed by atoms with E-state index in [4.69, 9.17) is 9.63 Å². The van der Waals surface area contributed by atoms with Crippen LogP contribution in [0.15, 0.2) is 0 Å². The minimum Gasteiger partial charge on any atom is -0.756 e. The largest absolute Gasteiger partial charge is 0.756 e. The number of aliphatic hydroxyl groups is 1. The van der Waals surface area contributed by atoms with Crippen molar-refractivity contribution in [3.63, 3.8) is 0 Å². The quantitative estimate of drug-likeness (QED) is 0.500. The highest BCUT2D eigenvalue weighted by atomic mass is 31.2. The van der Waals surface area contributed by atoms with E-state index in [0.717, 1.165) is 38.5 Å². The lowest BCUT2D eigenvalue weighted by Gasteiger charge is -2.63. The molecule has 0 saturated heterocycles. The molecule has 3 N–H and O–H groups in total. The summed E-state index contributed by atoms with van der Waals surface area (Å²) >= 11 is 0. The summed E-state index contributed by atoms with van der Waals surface area (Å²) in [5.41, 5.74) is 0.0842. The Morgan fingerprint density at radius 3 is 2.44 bits per heavy atom. The Morgan fingerprint density at radius 1 is 1.12 bits per heavy atom. The first-order valence-electron chi connectivity index (χ1n) is 12.5. The van der Waals surface area contributed by atoms with E-state index in [9.17, 15) is 24.3 Å². The fourth-order valence-electron chi connectivity index (χ4n) is 8.98. The van der Waals surface area contributed by atoms with Crippen LogP contribution in [0.25, 0.3) is 0 Å². The van der Waals surface area contributed by atoms with Gasteiger partial charge in [-0.05, 0) is 104 Å². The van der Waals surface area contributed by atoms with Crippen molar-refractivity contribution in [1.82, 2.24) is 0 Å². The molecule has 0 heterocycles. The number of carboxylic acid groups (broad SMARTS) is 1. The van der Waals surface area contributed by atoms with Crippen molar-refractivity contribution in [3.05, 3.63) is 0 Å². The highest BCUT2D eigenvalue weighted by Crippen LogP contribution is 2.69. The summed E-state index contributed by atoms with van der Waals surface area (Å²) in [6.45, 7) is 6.83.